The Labute approximate surface area is 123 Å². The average Bonchev–Trinajstić information content (AvgIpc) is 3.03. The van der Waals surface area contributed by atoms with Crippen molar-refractivity contribution in [3.8, 4) is 0 Å². The summed E-state index contributed by atoms with van der Waals surface area (Å²) in [6.45, 7) is 1.94. The number of anilines is 1. The minimum atomic E-state index is -0.164. The standard InChI is InChI=1S/C13H12N4OS2/c1-7-12(19-2)20-13(16-7)17-11(18)8-3-4-9-10(5-8)15-6-14-9/h3-6H,1-2H3,(H,14,15)(H,16,17,18). The van der Waals surface area contributed by atoms with E-state index in [1.54, 1.807) is 30.2 Å². The van der Waals surface area contributed by atoms with E-state index in [1.807, 2.05) is 19.2 Å². The summed E-state index contributed by atoms with van der Waals surface area (Å²) in [5.74, 6) is -0.164. The molecule has 0 spiro atoms. The topological polar surface area (TPSA) is 70.7 Å². The van der Waals surface area contributed by atoms with Crippen molar-refractivity contribution in [3.05, 3.63) is 35.8 Å². The molecule has 5 nitrogen and oxygen atoms in total. The van der Waals surface area contributed by atoms with E-state index in [-0.39, 0.29) is 5.91 Å². The first-order valence-corrected chi connectivity index (χ1v) is 7.97. The Hall–Kier alpha value is -1.86. The molecule has 3 aromatic rings. The lowest BCUT2D eigenvalue weighted by Crippen LogP contribution is -2.11. The lowest BCUT2D eigenvalue weighted by molar-refractivity contribution is 0.102. The Morgan fingerprint density at radius 2 is 2.30 bits per heavy atom. The number of carbonyl (C=O) groups excluding carboxylic acids is 1. The van der Waals surface area contributed by atoms with Gasteiger partial charge < -0.3 is 4.98 Å². The van der Waals surface area contributed by atoms with E-state index in [2.05, 4.69) is 20.3 Å². The molecule has 0 aliphatic carbocycles. The van der Waals surface area contributed by atoms with Gasteiger partial charge in [0.05, 0.1) is 27.3 Å². The molecule has 0 aliphatic heterocycles. The van der Waals surface area contributed by atoms with Gasteiger partial charge in [-0.05, 0) is 31.4 Å². The number of thiazole rings is 1. The van der Waals surface area contributed by atoms with E-state index in [4.69, 9.17) is 0 Å². The minimum absolute atomic E-state index is 0.164. The zero-order chi connectivity index (χ0) is 14.1. The Balaban J connectivity index is 1.84. The van der Waals surface area contributed by atoms with E-state index < -0.39 is 0 Å². The number of aromatic nitrogens is 3. The lowest BCUT2D eigenvalue weighted by Gasteiger charge is -2.01. The van der Waals surface area contributed by atoms with Gasteiger partial charge in [0.25, 0.3) is 5.91 Å². The van der Waals surface area contributed by atoms with Crippen LogP contribution in [0.4, 0.5) is 5.13 Å². The molecular weight excluding hydrogens is 292 g/mol. The van der Waals surface area contributed by atoms with E-state index in [9.17, 15) is 4.79 Å². The summed E-state index contributed by atoms with van der Waals surface area (Å²) >= 11 is 3.12. The van der Waals surface area contributed by atoms with Crippen LogP contribution in [0.1, 0.15) is 16.1 Å². The molecule has 0 unspecified atom stereocenters. The fourth-order valence-corrected chi connectivity index (χ4v) is 3.48. The molecule has 0 aliphatic rings. The summed E-state index contributed by atoms with van der Waals surface area (Å²) in [6, 6.07) is 5.36. The van der Waals surface area contributed by atoms with E-state index in [0.717, 1.165) is 20.9 Å². The molecule has 7 heteroatoms. The number of nitrogens with one attached hydrogen (secondary N) is 2. The summed E-state index contributed by atoms with van der Waals surface area (Å²) in [7, 11) is 0. The summed E-state index contributed by atoms with van der Waals surface area (Å²) in [6.07, 6.45) is 3.61. The number of rotatable bonds is 3. The number of nitrogens with zero attached hydrogens (tertiary/aromatic N) is 2. The summed E-state index contributed by atoms with van der Waals surface area (Å²) in [5, 5.41) is 3.46. The fraction of sp³-hybridized carbons (Fsp3) is 0.154. The summed E-state index contributed by atoms with van der Waals surface area (Å²) in [4.78, 5) is 23.7. The molecule has 0 saturated heterocycles. The Morgan fingerprint density at radius 1 is 1.45 bits per heavy atom. The second-order valence-electron chi connectivity index (χ2n) is 4.18. The second-order valence-corrected chi connectivity index (χ2v) is 6.26. The number of H-pyrrole nitrogens is 1. The fourth-order valence-electron chi connectivity index (χ4n) is 1.87. The van der Waals surface area contributed by atoms with E-state index >= 15 is 0 Å². The largest absolute Gasteiger partial charge is 0.345 e. The third kappa shape index (κ3) is 2.41. The van der Waals surface area contributed by atoms with Crippen LogP contribution in [0.15, 0.2) is 28.7 Å². The van der Waals surface area contributed by atoms with Gasteiger partial charge in [0, 0.05) is 5.56 Å². The van der Waals surface area contributed by atoms with Crippen LogP contribution in [0.5, 0.6) is 0 Å². The van der Waals surface area contributed by atoms with Gasteiger partial charge in [0.1, 0.15) is 0 Å². The first kappa shape index (κ1) is 13.1. The van der Waals surface area contributed by atoms with Gasteiger partial charge in [-0.25, -0.2) is 9.97 Å². The summed E-state index contributed by atoms with van der Waals surface area (Å²) < 4.78 is 1.12. The number of hydrogen-bond acceptors (Lipinski definition) is 5. The van der Waals surface area contributed by atoms with Crippen LogP contribution in [0.25, 0.3) is 11.0 Å². The minimum Gasteiger partial charge on any atom is -0.345 e. The molecule has 102 valence electrons. The molecule has 2 heterocycles. The first-order valence-electron chi connectivity index (χ1n) is 5.93. The molecule has 0 bridgehead atoms. The highest BCUT2D eigenvalue weighted by Crippen LogP contribution is 2.30. The van der Waals surface area contributed by atoms with Gasteiger partial charge in [0.2, 0.25) is 0 Å². The third-order valence-electron chi connectivity index (χ3n) is 2.84. The van der Waals surface area contributed by atoms with Crippen molar-refractivity contribution in [1.29, 1.82) is 0 Å². The number of benzene rings is 1. The normalized spacial score (nSPS) is 10.9. The first-order chi connectivity index (χ1) is 9.67. The summed E-state index contributed by atoms with van der Waals surface area (Å²) in [5.41, 5.74) is 3.22. The number of thioether (sulfide) groups is 1. The molecule has 20 heavy (non-hydrogen) atoms. The molecule has 0 saturated carbocycles. The van der Waals surface area contributed by atoms with Crippen molar-refractivity contribution in [1.82, 2.24) is 15.0 Å². The van der Waals surface area contributed by atoms with Crippen LogP contribution in [0.2, 0.25) is 0 Å². The quantitative estimate of drug-likeness (QED) is 0.728. The molecule has 1 aromatic carbocycles. The van der Waals surface area contributed by atoms with Gasteiger partial charge in [-0.3, -0.25) is 10.1 Å². The van der Waals surface area contributed by atoms with E-state index in [1.165, 1.54) is 11.3 Å². The van der Waals surface area contributed by atoms with Crippen molar-refractivity contribution in [2.24, 2.45) is 0 Å². The molecule has 2 N–H and O–H groups in total. The number of aromatic amines is 1. The monoisotopic (exact) mass is 304 g/mol. The van der Waals surface area contributed by atoms with Crippen molar-refractivity contribution < 1.29 is 4.79 Å². The highest BCUT2D eigenvalue weighted by atomic mass is 32.2. The van der Waals surface area contributed by atoms with Crippen LogP contribution in [0.3, 0.4) is 0 Å². The number of amides is 1. The number of imidazole rings is 1. The van der Waals surface area contributed by atoms with Gasteiger partial charge in [-0.15, -0.1) is 11.8 Å². The van der Waals surface area contributed by atoms with Crippen molar-refractivity contribution in [3.63, 3.8) is 0 Å². The Bertz CT molecular complexity index is 778. The van der Waals surface area contributed by atoms with Crippen molar-refractivity contribution in [2.75, 3.05) is 11.6 Å². The highest BCUT2D eigenvalue weighted by Gasteiger charge is 2.12. The number of hydrogen-bond donors (Lipinski definition) is 2. The van der Waals surface area contributed by atoms with Crippen molar-refractivity contribution in [2.45, 2.75) is 11.1 Å². The number of aryl methyl sites for hydroxylation is 1. The maximum Gasteiger partial charge on any atom is 0.257 e. The molecule has 0 atom stereocenters. The van der Waals surface area contributed by atoms with Gasteiger partial charge >= 0.3 is 0 Å². The van der Waals surface area contributed by atoms with Gasteiger partial charge in [-0.1, -0.05) is 11.3 Å². The number of fused-ring (bicyclic) bond motifs is 1. The van der Waals surface area contributed by atoms with Gasteiger partial charge in [-0.2, -0.15) is 0 Å². The van der Waals surface area contributed by atoms with Crippen molar-refractivity contribution >= 4 is 45.2 Å². The zero-order valence-electron chi connectivity index (χ0n) is 10.9. The van der Waals surface area contributed by atoms with Gasteiger partial charge in [0.15, 0.2) is 5.13 Å². The maximum absolute atomic E-state index is 12.2. The van der Waals surface area contributed by atoms with E-state index in [0.29, 0.717) is 10.7 Å². The van der Waals surface area contributed by atoms with Crippen LogP contribution in [-0.4, -0.2) is 27.1 Å². The smallest absolute Gasteiger partial charge is 0.257 e. The predicted octanol–water partition coefficient (Wildman–Crippen LogP) is 3.30. The SMILES string of the molecule is CSc1sc(NC(=O)c2ccc3nc[nH]c3c2)nc1C. The van der Waals surface area contributed by atoms with Crippen LogP contribution >= 0.6 is 23.1 Å². The Kier molecular flexibility index (Phi) is 3.45. The highest BCUT2D eigenvalue weighted by molar-refractivity contribution is 8.00. The van der Waals surface area contributed by atoms with Crippen LogP contribution < -0.4 is 5.32 Å². The predicted molar refractivity (Wildman–Crippen MR) is 82.7 cm³/mol. The molecule has 3 rings (SSSR count). The third-order valence-corrected chi connectivity index (χ3v) is 5.13. The molecule has 2 aromatic heterocycles. The second kappa shape index (κ2) is 5.26. The van der Waals surface area contributed by atoms with Crippen LogP contribution in [0, 0.1) is 6.92 Å². The van der Waals surface area contributed by atoms with Crippen LogP contribution in [-0.2, 0) is 0 Å². The zero-order valence-corrected chi connectivity index (χ0v) is 12.6. The molecular formula is C13H12N4OS2. The lowest BCUT2D eigenvalue weighted by atomic mass is 10.2. The maximum atomic E-state index is 12.2. The molecule has 1 amide bonds. The number of carbonyl (C=O) groups is 1. The Morgan fingerprint density at radius 3 is 3.05 bits per heavy atom. The molecule has 0 fully saturated rings. The average molecular weight is 304 g/mol. The molecule has 0 radical (unpaired) electrons.